The van der Waals surface area contributed by atoms with Crippen LogP contribution in [0.25, 0.3) is 10.8 Å². The van der Waals surface area contributed by atoms with Crippen molar-refractivity contribution >= 4 is 32.7 Å². The summed E-state index contributed by atoms with van der Waals surface area (Å²) >= 11 is 3.43. The summed E-state index contributed by atoms with van der Waals surface area (Å²) in [4.78, 5) is 11.0. The molecule has 0 aromatic heterocycles. The number of hydrogen-bond acceptors (Lipinski definition) is 2. The molecule has 0 unspecified atom stereocenters. The van der Waals surface area contributed by atoms with E-state index in [1.54, 1.807) is 0 Å². The Bertz CT molecular complexity index is 549. The molecule has 17 heavy (non-hydrogen) atoms. The average molecular weight is 293 g/mol. The molecule has 3 heteroatoms. The van der Waals surface area contributed by atoms with E-state index in [-0.39, 0.29) is 5.97 Å². The van der Waals surface area contributed by atoms with Crippen LogP contribution in [-0.2, 0) is 11.2 Å². The number of alkyl halides is 1. The fourth-order valence-electron chi connectivity index (χ4n) is 1.81. The fourth-order valence-corrected chi connectivity index (χ4v) is 2.27. The zero-order valence-electron chi connectivity index (χ0n) is 9.57. The Labute approximate surface area is 109 Å². The molecule has 2 rings (SSSR count). The zero-order chi connectivity index (χ0) is 12.3. The molecule has 2 nitrogen and oxygen atoms in total. The maximum Gasteiger partial charge on any atom is 0.308 e. The monoisotopic (exact) mass is 292 g/mol. The minimum absolute atomic E-state index is 0.290. The molecule has 88 valence electrons. The number of carbonyl (C=O) groups is 1. The van der Waals surface area contributed by atoms with Gasteiger partial charge in [-0.2, -0.15) is 0 Å². The van der Waals surface area contributed by atoms with E-state index in [0.29, 0.717) is 5.75 Å². The van der Waals surface area contributed by atoms with Gasteiger partial charge in [0, 0.05) is 17.6 Å². The van der Waals surface area contributed by atoms with Crippen LogP contribution in [0.4, 0.5) is 0 Å². The van der Waals surface area contributed by atoms with E-state index in [0.717, 1.165) is 22.5 Å². The molecule has 0 atom stereocenters. The van der Waals surface area contributed by atoms with Gasteiger partial charge in [-0.15, -0.1) is 0 Å². The Morgan fingerprint density at radius 2 is 2.12 bits per heavy atom. The first-order chi connectivity index (χ1) is 8.20. The van der Waals surface area contributed by atoms with Gasteiger partial charge >= 0.3 is 5.97 Å². The number of ether oxygens (including phenoxy) is 1. The lowest BCUT2D eigenvalue weighted by atomic mass is 10.0. The van der Waals surface area contributed by atoms with Crippen LogP contribution in [0.3, 0.4) is 0 Å². The van der Waals surface area contributed by atoms with Crippen molar-refractivity contribution in [2.45, 2.75) is 13.3 Å². The minimum atomic E-state index is -0.290. The molecule has 0 saturated carbocycles. The van der Waals surface area contributed by atoms with Gasteiger partial charge in [-0.1, -0.05) is 46.3 Å². The van der Waals surface area contributed by atoms with Gasteiger partial charge in [-0.25, -0.2) is 0 Å². The number of carbonyl (C=O) groups excluding carboxylic acids is 1. The molecule has 0 spiro atoms. The van der Waals surface area contributed by atoms with Crippen LogP contribution in [0.15, 0.2) is 36.4 Å². The molecule has 0 fully saturated rings. The predicted octanol–water partition coefficient (Wildman–Crippen LogP) is 3.70. The van der Waals surface area contributed by atoms with Crippen molar-refractivity contribution in [3.05, 3.63) is 42.0 Å². The lowest BCUT2D eigenvalue weighted by Gasteiger charge is -2.07. The Balaban J connectivity index is 2.47. The van der Waals surface area contributed by atoms with E-state index in [1.165, 1.54) is 12.5 Å². The van der Waals surface area contributed by atoms with Crippen LogP contribution in [0.1, 0.15) is 12.5 Å². The summed E-state index contributed by atoms with van der Waals surface area (Å²) in [5.41, 5.74) is 1.27. The third kappa shape index (κ3) is 2.86. The van der Waals surface area contributed by atoms with Crippen molar-refractivity contribution < 1.29 is 9.53 Å². The number of aryl methyl sites for hydroxylation is 1. The maximum absolute atomic E-state index is 11.0. The number of esters is 1. The van der Waals surface area contributed by atoms with Gasteiger partial charge in [0.15, 0.2) is 0 Å². The van der Waals surface area contributed by atoms with Crippen LogP contribution in [0, 0.1) is 0 Å². The lowest BCUT2D eigenvalue weighted by Crippen LogP contribution is -2.01. The number of hydrogen-bond donors (Lipinski definition) is 0. The van der Waals surface area contributed by atoms with E-state index in [2.05, 4.69) is 28.1 Å². The van der Waals surface area contributed by atoms with Crippen LogP contribution in [0.2, 0.25) is 0 Å². The molecule has 0 saturated heterocycles. The summed E-state index contributed by atoms with van der Waals surface area (Å²) in [5, 5.41) is 3.02. The maximum atomic E-state index is 11.0. The smallest absolute Gasteiger partial charge is 0.308 e. The summed E-state index contributed by atoms with van der Waals surface area (Å²) in [7, 11) is 0. The van der Waals surface area contributed by atoms with Crippen molar-refractivity contribution in [2.24, 2.45) is 0 Å². The third-order valence-corrected chi connectivity index (χ3v) is 2.94. The minimum Gasteiger partial charge on any atom is -0.426 e. The van der Waals surface area contributed by atoms with Crippen molar-refractivity contribution in [3.63, 3.8) is 0 Å². The first-order valence-electron chi connectivity index (χ1n) is 5.47. The normalized spacial score (nSPS) is 10.5. The van der Waals surface area contributed by atoms with Gasteiger partial charge in [0.1, 0.15) is 5.75 Å². The fraction of sp³-hybridized carbons (Fsp3) is 0.214. The van der Waals surface area contributed by atoms with Gasteiger partial charge in [0.25, 0.3) is 0 Å². The zero-order valence-corrected chi connectivity index (χ0v) is 11.2. The quantitative estimate of drug-likeness (QED) is 0.490. The Kier molecular flexibility index (Phi) is 3.79. The molecule has 0 bridgehead atoms. The van der Waals surface area contributed by atoms with Crippen LogP contribution in [0.5, 0.6) is 5.75 Å². The number of halogens is 1. The molecule has 0 amide bonds. The molecule has 2 aromatic carbocycles. The lowest BCUT2D eigenvalue weighted by molar-refractivity contribution is -0.131. The molecule has 2 aromatic rings. The van der Waals surface area contributed by atoms with Crippen LogP contribution in [-0.4, -0.2) is 11.3 Å². The molecule has 0 aliphatic heterocycles. The highest BCUT2D eigenvalue weighted by atomic mass is 79.9. The van der Waals surface area contributed by atoms with E-state index >= 15 is 0 Å². The first kappa shape index (κ1) is 12.1. The summed E-state index contributed by atoms with van der Waals surface area (Å²) < 4.78 is 5.18. The van der Waals surface area contributed by atoms with Crippen LogP contribution < -0.4 is 4.74 Å². The predicted molar refractivity (Wildman–Crippen MR) is 72.8 cm³/mol. The van der Waals surface area contributed by atoms with Gasteiger partial charge in [-0.05, 0) is 23.4 Å². The Morgan fingerprint density at radius 1 is 1.29 bits per heavy atom. The Hall–Kier alpha value is -1.35. The van der Waals surface area contributed by atoms with Gasteiger partial charge in [0.2, 0.25) is 0 Å². The highest BCUT2D eigenvalue weighted by Crippen LogP contribution is 2.26. The molecular weight excluding hydrogens is 280 g/mol. The first-order valence-corrected chi connectivity index (χ1v) is 6.59. The summed E-state index contributed by atoms with van der Waals surface area (Å²) in [6, 6.07) is 11.9. The SMILES string of the molecule is CC(=O)Oc1cccc2cc(CCBr)ccc12. The third-order valence-electron chi connectivity index (χ3n) is 2.54. The topological polar surface area (TPSA) is 26.3 Å². The summed E-state index contributed by atoms with van der Waals surface area (Å²) in [5.74, 6) is 0.336. The molecule has 0 aliphatic carbocycles. The summed E-state index contributed by atoms with van der Waals surface area (Å²) in [6.45, 7) is 1.41. The number of benzene rings is 2. The second-order valence-electron chi connectivity index (χ2n) is 3.84. The van der Waals surface area contributed by atoms with E-state index < -0.39 is 0 Å². The number of rotatable bonds is 3. The Morgan fingerprint density at radius 3 is 2.82 bits per heavy atom. The molecule has 0 radical (unpaired) electrons. The summed E-state index contributed by atoms with van der Waals surface area (Å²) in [6.07, 6.45) is 0.994. The molecule has 0 heterocycles. The van der Waals surface area contributed by atoms with Crippen molar-refractivity contribution in [1.29, 1.82) is 0 Å². The molecule has 0 N–H and O–H groups in total. The second-order valence-corrected chi connectivity index (χ2v) is 4.64. The van der Waals surface area contributed by atoms with Gasteiger partial charge in [-0.3, -0.25) is 4.79 Å². The molecular formula is C14H13BrO2. The average Bonchev–Trinajstić information content (AvgIpc) is 2.29. The van der Waals surface area contributed by atoms with Crippen molar-refractivity contribution in [2.75, 3.05) is 5.33 Å². The highest BCUT2D eigenvalue weighted by Gasteiger charge is 2.04. The molecule has 0 aliphatic rings. The number of fused-ring (bicyclic) bond motifs is 1. The van der Waals surface area contributed by atoms with Crippen LogP contribution >= 0.6 is 15.9 Å². The van der Waals surface area contributed by atoms with Gasteiger partial charge in [0.05, 0.1) is 0 Å². The second kappa shape index (κ2) is 5.32. The van der Waals surface area contributed by atoms with Crippen molar-refractivity contribution in [1.82, 2.24) is 0 Å². The largest absolute Gasteiger partial charge is 0.426 e. The van der Waals surface area contributed by atoms with Crippen molar-refractivity contribution in [3.8, 4) is 5.75 Å². The van der Waals surface area contributed by atoms with E-state index in [4.69, 9.17) is 4.74 Å². The van der Waals surface area contributed by atoms with Gasteiger partial charge < -0.3 is 4.74 Å². The van der Waals surface area contributed by atoms with E-state index in [1.807, 2.05) is 24.3 Å². The highest BCUT2D eigenvalue weighted by molar-refractivity contribution is 9.09. The standard InChI is InChI=1S/C14H13BrO2/c1-10(16)17-14-4-2-3-12-9-11(7-8-15)5-6-13(12)14/h2-6,9H,7-8H2,1H3. The van der Waals surface area contributed by atoms with E-state index in [9.17, 15) is 4.79 Å².